The SMILES string of the molecule is CC1CCN(C(=O)C(C(N)=S)c2ccccc2)CC1. The number of hydrogen-bond acceptors (Lipinski definition) is 2. The van der Waals surface area contributed by atoms with Gasteiger partial charge in [-0.1, -0.05) is 49.5 Å². The zero-order valence-electron chi connectivity index (χ0n) is 11.2. The predicted octanol–water partition coefficient (Wildman–Crippen LogP) is 2.31. The molecule has 1 unspecified atom stereocenters. The summed E-state index contributed by atoms with van der Waals surface area (Å²) in [6.07, 6.45) is 2.12. The first-order chi connectivity index (χ1) is 9.09. The third-order valence-corrected chi connectivity index (χ3v) is 4.00. The van der Waals surface area contributed by atoms with Gasteiger partial charge in [0.05, 0.1) is 4.99 Å². The van der Waals surface area contributed by atoms with Crippen molar-refractivity contribution in [3.63, 3.8) is 0 Å². The number of hydrogen-bond donors (Lipinski definition) is 1. The molecular formula is C15H20N2OS. The van der Waals surface area contributed by atoms with Crippen molar-refractivity contribution >= 4 is 23.1 Å². The second-order valence-electron chi connectivity index (χ2n) is 5.25. The van der Waals surface area contributed by atoms with Gasteiger partial charge in [-0.25, -0.2) is 0 Å². The molecule has 0 aliphatic carbocycles. The minimum atomic E-state index is -0.482. The predicted molar refractivity (Wildman–Crippen MR) is 80.9 cm³/mol. The molecule has 1 heterocycles. The number of rotatable bonds is 3. The zero-order valence-corrected chi connectivity index (χ0v) is 12.0. The summed E-state index contributed by atoms with van der Waals surface area (Å²) in [4.78, 5) is 14.8. The minimum Gasteiger partial charge on any atom is -0.392 e. The van der Waals surface area contributed by atoms with E-state index in [1.165, 1.54) is 0 Å². The van der Waals surface area contributed by atoms with Crippen LogP contribution in [-0.4, -0.2) is 28.9 Å². The van der Waals surface area contributed by atoms with Gasteiger partial charge in [-0.3, -0.25) is 4.79 Å². The number of piperidine rings is 1. The maximum atomic E-state index is 12.6. The summed E-state index contributed by atoms with van der Waals surface area (Å²) in [7, 11) is 0. The highest BCUT2D eigenvalue weighted by atomic mass is 32.1. The molecular weight excluding hydrogens is 256 g/mol. The van der Waals surface area contributed by atoms with E-state index >= 15 is 0 Å². The molecule has 102 valence electrons. The highest BCUT2D eigenvalue weighted by Gasteiger charge is 2.30. The first-order valence-corrected chi connectivity index (χ1v) is 7.13. The van der Waals surface area contributed by atoms with Crippen LogP contribution >= 0.6 is 12.2 Å². The molecule has 1 saturated heterocycles. The van der Waals surface area contributed by atoms with Crippen molar-refractivity contribution < 1.29 is 4.79 Å². The molecule has 0 radical (unpaired) electrons. The summed E-state index contributed by atoms with van der Waals surface area (Å²) in [5.41, 5.74) is 6.68. The number of thiocarbonyl (C=S) groups is 1. The van der Waals surface area contributed by atoms with Crippen molar-refractivity contribution in [3.8, 4) is 0 Å². The van der Waals surface area contributed by atoms with Crippen LogP contribution in [0, 0.1) is 5.92 Å². The Labute approximate surface area is 119 Å². The van der Waals surface area contributed by atoms with E-state index in [0.29, 0.717) is 5.92 Å². The van der Waals surface area contributed by atoms with Crippen molar-refractivity contribution in [1.29, 1.82) is 0 Å². The van der Waals surface area contributed by atoms with Crippen LogP contribution in [0.3, 0.4) is 0 Å². The number of nitrogens with two attached hydrogens (primary N) is 1. The average molecular weight is 276 g/mol. The standard InChI is InChI=1S/C15H20N2OS/c1-11-7-9-17(10-8-11)15(18)13(14(16)19)12-5-3-2-4-6-12/h2-6,11,13H,7-10H2,1H3,(H2,16,19). The maximum Gasteiger partial charge on any atom is 0.236 e. The van der Waals surface area contributed by atoms with Crippen LogP contribution in [0.1, 0.15) is 31.2 Å². The molecule has 3 nitrogen and oxygen atoms in total. The summed E-state index contributed by atoms with van der Waals surface area (Å²) < 4.78 is 0. The molecule has 1 amide bonds. The summed E-state index contributed by atoms with van der Waals surface area (Å²) in [6.45, 7) is 3.85. The highest BCUT2D eigenvalue weighted by Crippen LogP contribution is 2.23. The van der Waals surface area contributed by atoms with Crippen molar-refractivity contribution in [3.05, 3.63) is 35.9 Å². The summed E-state index contributed by atoms with van der Waals surface area (Å²) in [5, 5.41) is 0. The number of amides is 1. The fraction of sp³-hybridized carbons (Fsp3) is 0.467. The van der Waals surface area contributed by atoms with Crippen molar-refractivity contribution in [2.45, 2.75) is 25.7 Å². The van der Waals surface area contributed by atoms with Gasteiger partial charge in [-0.15, -0.1) is 0 Å². The van der Waals surface area contributed by atoms with Crippen molar-refractivity contribution in [1.82, 2.24) is 4.90 Å². The third kappa shape index (κ3) is 3.32. The molecule has 1 fully saturated rings. The van der Waals surface area contributed by atoms with E-state index in [9.17, 15) is 4.79 Å². The molecule has 0 bridgehead atoms. The van der Waals surface area contributed by atoms with Gasteiger partial charge >= 0.3 is 0 Å². The Bertz CT molecular complexity index is 452. The van der Waals surface area contributed by atoms with E-state index in [4.69, 9.17) is 18.0 Å². The largest absolute Gasteiger partial charge is 0.392 e. The molecule has 4 heteroatoms. The Morgan fingerprint density at radius 1 is 1.32 bits per heavy atom. The molecule has 1 aromatic rings. The second-order valence-corrected chi connectivity index (χ2v) is 5.73. The first kappa shape index (κ1) is 14.0. The fourth-order valence-electron chi connectivity index (χ4n) is 2.49. The Hall–Kier alpha value is -1.42. The molecule has 2 rings (SSSR count). The van der Waals surface area contributed by atoms with Gasteiger partial charge in [-0.2, -0.15) is 0 Å². The van der Waals surface area contributed by atoms with E-state index in [0.717, 1.165) is 31.5 Å². The first-order valence-electron chi connectivity index (χ1n) is 6.72. The second kappa shape index (κ2) is 6.15. The molecule has 19 heavy (non-hydrogen) atoms. The molecule has 1 aliphatic heterocycles. The third-order valence-electron chi connectivity index (χ3n) is 3.76. The number of carbonyl (C=O) groups is 1. The van der Waals surface area contributed by atoms with Gasteiger partial charge in [0.1, 0.15) is 5.92 Å². The monoisotopic (exact) mass is 276 g/mol. The van der Waals surface area contributed by atoms with Crippen LogP contribution in [-0.2, 0) is 4.79 Å². The van der Waals surface area contributed by atoms with Gasteiger partial charge in [0.15, 0.2) is 0 Å². The van der Waals surface area contributed by atoms with E-state index < -0.39 is 5.92 Å². The van der Waals surface area contributed by atoms with E-state index in [1.807, 2.05) is 35.2 Å². The van der Waals surface area contributed by atoms with E-state index in [1.54, 1.807) is 0 Å². The molecule has 2 N–H and O–H groups in total. The van der Waals surface area contributed by atoms with Gasteiger partial charge < -0.3 is 10.6 Å². The smallest absolute Gasteiger partial charge is 0.236 e. The van der Waals surface area contributed by atoms with Crippen LogP contribution in [0.25, 0.3) is 0 Å². The van der Waals surface area contributed by atoms with Crippen LogP contribution < -0.4 is 5.73 Å². The lowest BCUT2D eigenvalue weighted by atomic mass is 9.94. The summed E-state index contributed by atoms with van der Waals surface area (Å²) in [5.74, 6) is 0.263. The summed E-state index contributed by atoms with van der Waals surface area (Å²) in [6, 6.07) is 9.56. The molecule has 0 spiro atoms. The van der Waals surface area contributed by atoms with E-state index in [2.05, 4.69) is 6.92 Å². The molecule has 1 atom stereocenters. The van der Waals surface area contributed by atoms with Gasteiger partial charge in [0.25, 0.3) is 0 Å². The Kier molecular flexibility index (Phi) is 4.53. The Balaban J connectivity index is 2.16. The number of carbonyl (C=O) groups excluding carboxylic acids is 1. The topological polar surface area (TPSA) is 46.3 Å². The Morgan fingerprint density at radius 3 is 2.42 bits per heavy atom. The fourth-order valence-corrected chi connectivity index (χ4v) is 2.72. The lowest BCUT2D eigenvalue weighted by molar-refractivity contribution is -0.132. The van der Waals surface area contributed by atoms with Crippen molar-refractivity contribution in [2.24, 2.45) is 11.7 Å². The minimum absolute atomic E-state index is 0.0469. The quantitative estimate of drug-likeness (QED) is 0.862. The summed E-state index contributed by atoms with van der Waals surface area (Å²) >= 11 is 5.10. The molecule has 1 aromatic carbocycles. The number of benzene rings is 1. The normalized spacial score (nSPS) is 18.1. The Morgan fingerprint density at radius 2 is 1.89 bits per heavy atom. The van der Waals surface area contributed by atoms with Crippen LogP contribution in [0.15, 0.2) is 30.3 Å². The van der Waals surface area contributed by atoms with Crippen LogP contribution in [0.5, 0.6) is 0 Å². The number of likely N-dealkylation sites (tertiary alicyclic amines) is 1. The maximum absolute atomic E-state index is 12.6. The zero-order chi connectivity index (χ0) is 13.8. The van der Waals surface area contributed by atoms with Gasteiger partial charge in [0.2, 0.25) is 5.91 Å². The molecule has 1 aliphatic rings. The molecule has 0 saturated carbocycles. The lowest BCUT2D eigenvalue weighted by Gasteiger charge is -2.33. The highest BCUT2D eigenvalue weighted by molar-refractivity contribution is 7.80. The van der Waals surface area contributed by atoms with Gasteiger partial charge in [0, 0.05) is 13.1 Å². The van der Waals surface area contributed by atoms with Gasteiger partial charge in [-0.05, 0) is 24.3 Å². The van der Waals surface area contributed by atoms with Crippen LogP contribution in [0.4, 0.5) is 0 Å². The lowest BCUT2D eigenvalue weighted by Crippen LogP contribution is -2.43. The van der Waals surface area contributed by atoms with Crippen LogP contribution in [0.2, 0.25) is 0 Å². The molecule has 0 aromatic heterocycles. The number of nitrogens with zero attached hydrogens (tertiary/aromatic N) is 1. The average Bonchev–Trinajstić information content (AvgIpc) is 2.40. The van der Waals surface area contributed by atoms with Crippen molar-refractivity contribution in [2.75, 3.05) is 13.1 Å². The van der Waals surface area contributed by atoms with E-state index in [-0.39, 0.29) is 10.9 Å².